The van der Waals surface area contributed by atoms with Crippen molar-refractivity contribution in [2.75, 3.05) is 7.11 Å². The molecule has 0 fully saturated rings. The fraction of sp³-hybridized carbons (Fsp3) is 0.435. The molecule has 168 valence electrons. The monoisotopic (exact) mass is 446 g/mol. The number of ether oxygens (including phenoxy) is 3. The Kier molecular flexibility index (Phi) is 9.05. The van der Waals surface area contributed by atoms with Crippen LogP contribution in [0, 0.1) is 5.92 Å². The molecule has 8 heteroatoms. The number of carbonyl (C=O) groups is 1. The van der Waals surface area contributed by atoms with Crippen molar-refractivity contribution in [3.8, 4) is 17.2 Å². The molecule has 0 saturated heterocycles. The minimum Gasteiger partial charge on any atom is -0.503 e. The number of hydrogen-bond donors (Lipinski definition) is 2. The molecular weight excluding hydrogens is 416 g/mol. The highest BCUT2D eigenvalue weighted by atomic mass is 32.1. The molecule has 2 N–H and O–H groups in total. The van der Waals surface area contributed by atoms with Crippen LogP contribution in [0.3, 0.4) is 0 Å². The number of benzene rings is 1. The molecule has 0 amide bonds. The predicted molar refractivity (Wildman–Crippen MR) is 123 cm³/mol. The van der Waals surface area contributed by atoms with Crippen LogP contribution in [0.15, 0.2) is 42.6 Å². The second-order valence-corrected chi connectivity index (χ2v) is 8.05. The van der Waals surface area contributed by atoms with Crippen molar-refractivity contribution in [3.63, 3.8) is 0 Å². The third-order valence-corrected chi connectivity index (χ3v) is 4.89. The van der Waals surface area contributed by atoms with Gasteiger partial charge in [-0.3, -0.25) is 0 Å². The summed E-state index contributed by atoms with van der Waals surface area (Å²) in [7, 11) is 1.43. The zero-order valence-electron chi connectivity index (χ0n) is 18.5. The molecule has 31 heavy (non-hydrogen) atoms. The maximum atomic E-state index is 12.8. The normalized spacial score (nSPS) is 13.7. The first-order chi connectivity index (χ1) is 14.7. The lowest BCUT2D eigenvalue weighted by molar-refractivity contribution is -0.156. The van der Waals surface area contributed by atoms with Crippen LogP contribution in [-0.4, -0.2) is 46.4 Å². The van der Waals surface area contributed by atoms with Gasteiger partial charge in [-0.1, -0.05) is 44.3 Å². The van der Waals surface area contributed by atoms with E-state index < -0.39 is 18.1 Å². The van der Waals surface area contributed by atoms with Gasteiger partial charge in [-0.25, -0.2) is 9.78 Å². The molecule has 0 radical (unpaired) electrons. The van der Waals surface area contributed by atoms with E-state index in [9.17, 15) is 9.90 Å². The van der Waals surface area contributed by atoms with Crippen molar-refractivity contribution in [1.29, 1.82) is 0 Å². The molecule has 0 spiro atoms. The lowest BCUT2D eigenvalue weighted by Gasteiger charge is -2.28. The van der Waals surface area contributed by atoms with Crippen molar-refractivity contribution in [1.82, 2.24) is 10.3 Å². The summed E-state index contributed by atoms with van der Waals surface area (Å²) in [5, 5.41) is 13.1. The van der Waals surface area contributed by atoms with E-state index in [-0.39, 0.29) is 28.3 Å². The molecule has 0 aliphatic rings. The Morgan fingerprint density at radius 2 is 1.84 bits per heavy atom. The van der Waals surface area contributed by atoms with Crippen molar-refractivity contribution in [2.24, 2.45) is 5.92 Å². The molecule has 0 unspecified atom stereocenters. The predicted octanol–water partition coefficient (Wildman–Crippen LogP) is 3.87. The van der Waals surface area contributed by atoms with E-state index >= 15 is 0 Å². The average molecular weight is 447 g/mol. The third kappa shape index (κ3) is 7.10. The lowest BCUT2D eigenvalue weighted by atomic mass is 10.0. The first kappa shape index (κ1) is 24.4. The second kappa shape index (κ2) is 11.5. The summed E-state index contributed by atoms with van der Waals surface area (Å²) < 4.78 is 16.8. The van der Waals surface area contributed by atoms with Gasteiger partial charge in [-0.2, -0.15) is 0 Å². The van der Waals surface area contributed by atoms with Gasteiger partial charge in [0.25, 0.3) is 0 Å². The van der Waals surface area contributed by atoms with Crippen LogP contribution in [0.1, 0.15) is 39.8 Å². The van der Waals surface area contributed by atoms with Crippen LogP contribution in [0.2, 0.25) is 0 Å². The van der Waals surface area contributed by atoms with Gasteiger partial charge in [0, 0.05) is 12.3 Å². The number of methoxy groups -OCH3 is 1. The highest BCUT2D eigenvalue weighted by Crippen LogP contribution is 2.27. The number of esters is 1. The zero-order valence-corrected chi connectivity index (χ0v) is 19.3. The van der Waals surface area contributed by atoms with Gasteiger partial charge in [-0.05, 0) is 38.3 Å². The Hall–Kier alpha value is -2.87. The van der Waals surface area contributed by atoms with Crippen LogP contribution in [0.4, 0.5) is 0 Å². The van der Waals surface area contributed by atoms with Crippen molar-refractivity contribution >= 4 is 23.2 Å². The fourth-order valence-corrected chi connectivity index (χ4v) is 3.26. The Morgan fingerprint density at radius 1 is 1.16 bits per heavy atom. The quantitative estimate of drug-likeness (QED) is 0.420. The number of aromatic hydroxyl groups is 1. The highest BCUT2D eigenvalue weighted by molar-refractivity contribution is 7.80. The summed E-state index contributed by atoms with van der Waals surface area (Å²) >= 11 is 5.31. The molecule has 7 nitrogen and oxygen atoms in total. The first-order valence-electron chi connectivity index (χ1n) is 10.2. The molecular formula is C23H30N2O5S. The number of para-hydroxylation sites is 1. The minimum absolute atomic E-state index is 0.120. The first-order valence-corrected chi connectivity index (χ1v) is 10.6. The van der Waals surface area contributed by atoms with Crippen LogP contribution >= 0.6 is 12.2 Å². The third-order valence-electron chi connectivity index (χ3n) is 4.58. The Bertz CT molecular complexity index is 876. The molecule has 0 aliphatic carbocycles. The molecule has 0 bridgehead atoms. The van der Waals surface area contributed by atoms with Crippen LogP contribution in [0.5, 0.6) is 17.2 Å². The number of aromatic nitrogens is 1. The number of thiocarbonyl (C=S) groups is 1. The van der Waals surface area contributed by atoms with Gasteiger partial charge in [0.05, 0.1) is 7.11 Å². The van der Waals surface area contributed by atoms with Crippen LogP contribution < -0.4 is 14.8 Å². The largest absolute Gasteiger partial charge is 0.503 e. The lowest BCUT2D eigenvalue weighted by Crippen LogP contribution is -2.43. The van der Waals surface area contributed by atoms with E-state index in [1.807, 2.05) is 37.3 Å². The minimum atomic E-state index is -0.751. The molecule has 2 rings (SSSR count). The Balaban J connectivity index is 2.04. The van der Waals surface area contributed by atoms with E-state index in [1.165, 1.54) is 19.4 Å². The number of rotatable bonds is 10. The van der Waals surface area contributed by atoms with Gasteiger partial charge in [-0.15, -0.1) is 0 Å². The van der Waals surface area contributed by atoms with E-state index in [2.05, 4.69) is 24.1 Å². The van der Waals surface area contributed by atoms with Crippen LogP contribution in [-0.2, 0) is 9.53 Å². The number of nitrogens with one attached hydrogen (secondary N) is 1. The molecule has 0 aliphatic heterocycles. The number of carbonyl (C=O) groups excluding carboxylic acids is 1. The smallest absolute Gasteiger partial charge is 0.328 e. The second-order valence-electron chi connectivity index (χ2n) is 7.65. The Labute approximate surface area is 188 Å². The summed E-state index contributed by atoms with van der Waals surface area (Å²) in [5.41, 5.74) is 0.133. The van der Waals surface area contributed by atoms with E-state index in [0.717, 1.165) is 0 Å². The van der Waals surface area contributed by atoms with Gasteiger partial charge in [0.2, 0.25) is 0 Å². The zero-order chi connectivity index (χ0) is 23.0. The number of nitrogens with zero attached hydrogens (tertiary/aromatic N) is 1. The van der Waals surface area contributed by atoms with Gasteiger partial charge >= 0.3 is 5.97 Å². The maximum Gasteiger partial charge on any atom is 0.328 e. The van der Waals surface area contributed by atoms with Gasteiger partial charge in [0.15, 0.2) is 11.5 Å². The van der Waals surface area contributed by atoms with E-state index in [1.54, 1.807) is 6.92 Å². The van der Waals surface area contributed by atoms with Crippen LogP contribution in [0.25, 0.3) is 0 Å². The van der Waals surface area contributed by atoms with E-state index in [0.29, 0.717) is 18.1 Å². The molecule has 1 heterocycles. The Morgan fingerprint density at radius 3 is 2.45 bits per heavy atom. The molecule has 3 atom stereocenters. The average Bonchev–Trinajstić information content (AvgIpc) is 2.73. The van der Waals surface area contributed by atoms with Crippen molar-refractivity contribution in [2.45, 2.75) is 52.4 Å². The van der Waals surface area contributed by atoms with Crippen molar-refractivity contribution < 1.29 is 24.1 Å². The standard InChI is InChI=1S/C23H30N2O5S/c1-14(2)13-19(16(4)29-17-9-7-6-8-10-17)30-23(27)15(3)25-22(31)20-21(26)18(28-5)11-12-24-20/h6-12,14-16,19,26H,13H2,1-5H3,(H,25,31)/t15-,16-,19+/m0/s1. The summed E-state index contributed by atoms with van der Waals surface area (Å²) in [4.78, 5) is 16.9. The van der Waals surface area contributed by atoms with Gasteiger partial charge < -0.3 is 24.6 Å². The molecule has 2 aromatic rings. The summed E-state index contributed by atoms with van der Waals surface area (Å²) in [6.45, 7) is 7.64. The summed E-state index contributed by atoms with van der Waals surface area (Å²) in [6, 6.07) is 10.2. The summed E-state index contributed by atoms with van der Waals surface area (Å²) in [5.74, 6) is 0.603. The van der Waals surface area contributed by atoms with Crippen molar-refractivity contribution in [3.05, 3.63) is 48.3 Å². The summed E-state index contributed by atoms with van der Waals surface area (Å²) in [6.07, 6.45) is 1.34. The maximum absolute atomic E-state index is 12.8. The molecule has 1 aromatic carbocycles. The fourth-order valence-electron chi connectivity index (χ4n) is 2.93. The number of hydrogen-bond acceptors (Lipinski definition) is 7. The molecule has 1 aromatic heterocycles. The number of pyridine rings is 1. The topological polar surface area (TPSA) is 89.9 Å². The molecule has 0 saturated carbocycles. The highest BCUT2D eigenvalue weighted by Gasteiger charge is 2.28. The SMILES string of the molecule is COc1ccnc(C(=S)N[C@@H](C)C(=O)O[C@H](CC(C)C)[C@H](C)Oc2ccccc2)c1O. The van der Waals surface area contributed by atoms with Gasteiger partial charge in [0.1, 0.15) is 34.7 Å². The van der Waals surface area contributed by atoms with E-state index in [4.69, 9.17) is 26.4 Å².